The Morgan fingerprint density at radius 1 is 1.33 bits per heavy atom. The Hall–Kier alpha value is -0.900. The van der Waals surface area contributed by atoms with Gasteiger partial charge in [0.25, 0.3) is 0 Å². The second-order valence-electron chi connectivity index (χ2n) is 4.75. The molecule has 0 spiro atoms. The summed E-state index contributed by atoms with van der Waals surface area (Å²) in [4.78, 5) is 22.1. The van der Waals surface area contributed by atoms with Crippen molar-refractivity contribution in [3.63, 3.8) is 0 Å². The van der Waals surface area contributed by atoms with E-state index in [1.165, 1.54) is 6.92 Å². The quantitative estimate of drug-likeness (QED) is 0.554. The average molecular weight is 215 g/mol. The van der Waals surface area contributed by atoms with Crippen molar-refractivity contribution < 1.29 is 14.3 Å². The van der Waals surface area contributed by atoms with Gasteiger partial charge in [-0.25, -0.2) is 0 Å². The summed E-state index contributed by atoms with van der Waals surface area (Å²) in [7, 11) is 0. The summed E-state index contributed by atoms with van der Waals surface area (Å²) in [6.07, 6.45) is 1.19. The van der Waals surface area contributed by atoms with Crippen LogP contribution in [0, 0.1) is 5.41 Å². The van der Waals surface area contributed by atoms with Gasteiger partial charge in [-0.3, -0.25) is 9.59 Å². The zero-order valence-electron chi connectivity index (χ0n) is 10.0. The molecule has 0 bridgehead atoms. The smallest absolute Gasteiger partial charge is 0.311 e. The molecule has 0 radical (unpaired) electrons. The summed E-state index contributed by atoms with van der Waals surface area (Å²) in [6, 6.07) is -0.432. The van der Waals surface area contributed by atoms with E-state index in [1.807, 2.05) is 0 Å². The van der Waals surface area contributed by atoms with E-state index < -0.39 is 11.5 Å². The SMILES string of the molecule is CC(=O)[C@@H](N)CCCOC(=O)C(C)(C)C. The van der Waals surface area contributed by atoms with Gasteiger partial charge in [0.2, 0.25) is 0 Å². The lowest BCUT2D eigenvalue weighted by Gasteiger charge is -2.16. The van der Waals surface area contributed by atoms with Crippen LogP contribution >= 0.6 is 0 Å². The third kappa shape index (κ3) is 6.23. The van der Waals surface area contributed by atoms with Crippen molar-refractivity contribution >= 4 is 11.8 Å². The second kappa shape index (κ2) is 5.85. The lowest BCUT2D eigenvalue weighted by atomic mass is 9.97. The number of carbonyl (C=O) groups excluding carboxylic acids is 2. The van der Waals surface area contributed by atoms with E-state index in [9.17, 15) is 9.59 Å². The fourth-order valence-electron chi connectivity index (χ4n) is 0.888. The summed E-state index contributed by atoms with van der Waals surface area (Å²) < 4.78 is 5.03. The molecule has 0 saturated heterocycles. The van der Waals surface area contributed by atoms with Crippen LogP contribution in [-0.2, 0) is 14.3 Å². The normalized spacial score (nSPS) is 13.4. The largest absolute Gasteiger partial charge is 0.465 e. The van der Waals surface area contributed by atoms with Gasteiger partial charge in [-0.05, 0) is 40.5 Å². The van der Waals surface area contributed by atoms with Crippen LogP contribution in [0.25, 0.3) is 0 Å². The topological polar surface area (TPSA) is 69.4 Å². The predicted octanol–water partition coefficient (Wildman–Crippen LogP) is 1.27. The number of ketones is 1. The standard InChI is InChI=1S/C11H21NO3/c1-8(13)9(12)6-5-7-15-10(14)11(2,3)4/h9H,5-7,12H2,1-4H3/t9-/m0/s1. The molecular formula is C11H21NO3. The van der Waals surface area contributed by atoms with Gasteiger partial charge < -0.3 is 10.5 Å². The average Bonchev–Trinajstić information content (AvgIpc) is 2.09. The Balaban J connectivity index is 3.64. The van der Waals surface area contributed by atoms with Crippen LogP contribution in [0.4, 0.5) is 0 Å². The summed E-state index contributed by atoms with van der Waals surface area (Å²) in [5.41, 5.74) is 5.06. The molecule has 88 valence electrons. The van der Waals surface area contributed by atoms with Gasteiger partial charge in [0, 0.05) is 0 Å². The molecule has 0 amide bonds. The first-order valence-corrected chi connectivity index (χ1v) is 5.18. The van der Waals surface area contributed by atoms with Crippen LogP contribution in [0.2, 0.25) is 0 Å². The molecule has 2 N–H and O–H groups in total. The van der Waals surface area contributed by atoms with E-state index in [4.69, 9.17) is 10.5 Å². The van der Waals surface area contributed by atoms with E-state index in [0.717, 1.165) is 0 Å². The third-order valence-corrected chi connectivity index (χ3v) is 2.03. The van der Waals surface area contributed by atoms with Gasteiger partial charge in [-0.2, -0.15) is 0 Å². The van der Waals surface area contributed by atoms with Crippen molar-refractivity contribution in [3.05, 3.63) is 0 Å². The van der Waals surface area contributed by atoms with Crippen molar-refractivity contribution in [2.45, 2.75) is 46.6 Å². The summed E-state index contributed by atoms with van der Waals surface area (Å²) >= 11 is 0. The molecule has 0 aliphatic rings. The second-order valence-corrected chi connectivity index (χ2v) is 4.75. The molecule has 0 aliphatic carbocycles. The van der Waals surface area contributed by atoms with Crippen molar-refractivity contribution in [3.8, 4) is 0 Å². The van der Waals surface area contributed by atoms with Crippen molar-refractivity contribution in [1.82, 2.24) is 0 Å². The molecule has 0 fully saturated rings. The summed E-state index contributed by atoms with van der Waals surface area (Å²) in [6.45, 7) is 7.20. The van der Waals surface area contributed by atoms with Gasteiger partial charge in [0.1, 0.15) is 5.78 Å². The molecule has 4 heteroatoms. The van der Waals surface area contributed by atoms with E-state index in [1.54, 1.807) is 20.8 Å². The highest BCUT2D eigenvalue weighted by Crippen LogP contribution is 2.15. The Morgan fingerprint density at radius 2 is 1.87 bits per heavy atom. The van der Waals surface area contributed by atoms with Crippen molar-refractivity contribution in [2.75, 3.05) is 6.61 Å². The number of ether oxygens (including phenoxy) is 1. The first-order chi connectivity index (χ1) is 6.75. The molecule has 0 rings (SSSR count). The first-order valence-electron chi connectivity index (χ1n) is 5.18. The van der Waals surface area contributed by atoms with Crippen LogP contribution in [0.1, 0.15) is 40.5 Å². The van der Waals surface area contributed by atoms with Crippen LogP contribution in [0.5, 0.6) is 0 Å². The number of hydrogen-bond donors (Lipinski definition) is 1. The lowest BCUT2D eigenvalue weighted by molar-refractivity contribution is -0.153. The number of hydrogen-bond acceptors (Lipinski definition) is 4. The maximum Gasteiger partial charge on any atom is 0.311 e. The van der Waals surface area contributed by atoms with E-state index >= 15 is 0 Å². The molecule has 0 aromatic carbocycles. The minimum Gasteiger partial charge on any atom is -0.465 e. The minimum absolute atomic E-state index is 0.0304. The van der Waals surface area contributed by atoms with Crippen LogP contribution in [0.15, 0.2) is 0 Å². The molecule has 0 saturated carbocycles. The number of esters is 1. The molecule has 0 aromatic heterocycles. The van der Waals surface area contributed by atoms with Crippen molar-refractivity contribution in [2.24, 2.45) is 11.1 Å². The van der Waals surface area contributed by atoms with Crippen LogP contribution < -0.4 is 5.73 Å². The maximum absolute atomic E-state index is 11.3. The molecule has 0 aromatic rings. The summed E-state index contributed by atoms with van der Waals surface area (Å²) in [5, 5.41) is 0. The zero-order valence-corrected chi connectivity index (χ0v) is 10.0. The Morgan fingerprint density at radius 3 is 2.27 bits per heavy atom. The highest BCUT2D eigenvalue weighted by Gasteiger charge is 2.22. The molecule has 4 nitrogen and oxygen atoms in total. The number of carbonyl (C=O) groups is 2. The fraction of sp³-hybridized carbons (Fsp3) is 0.818. The van der Waals surface area contributed by atoms with Gasteiger partial charge >= 0.3 is 5.97 Å². The van der Waals surface area contributed by atoms with Gasteiger partial charge in [-0.15, -0.1) is 0 Å². The number of Topliss-reactive ketones (excluding diaryl/α,β-unsaturated/α-hetero) is 1. The molecular weight excluding hydrogens is 194 g/mol. The Kier molecular flexibility index (Phi) is 5.50. The first kappa shape index (κ1) is 14.1. The Labute approximate surface area is 91.2 Å². The van der Waals surface area contributed by atoms with Gasteiger partial charge in [0.05, 0.1) is 18.1 Å². The number of nitrogens with two attached hydrogens (primary N) is 1. The highest BCUT2D eigenvalue weighted by atomic mass is 16.5. The summed E-state index contributed by atoms with van der Waals surface area (Å²) in [5.74, 6) is -0.254. The minimum atomic E-state index is -0.470. The molecule has 0 aliphatic heterocycles. The fourth-order valence-corrected chi connectivity index (χ4v) is 0.888. The number of rotatable bonds is 5. The monoisotopic (exact) mass is 215 g/mol. The predicted molar refractivity (Wildman–Crippen MR) is 58.3 cm³/mol. The van der Waals surface area contributed by atoms with E-state index in [2.05, 4.69) is 0 Å². The highest BCUT2D eigenvalue weighted by molar-refractivity contribution is 5.81. The molecule has 0 unspecified atom stereocenters. The third-order valence-electron chi connectivity index (χ3n) is 2.03. The maximum atomic E-state index is 11.3. The van der Waals surface area contributed by atoms with E-state index in [-0.39, 0.29) is 11.8 Å². The molecule has 0 heterocycles. The van der Waals surface area contributed by atoms with E-state index in [0.29, 0.717) is 19.4 Å². The lowest BCUT2D eigenvalue weighted by Crippen LogP contribution is -2.29. The van der Waals surface area contributed by atoms with Crippen LogP contribution in [0.3, 0.4) is 0 Å². The molecule has 1 atom stereocenters. The molecule has 15 heavy (non-hydrogen) atoms. The van der Waals surface area contributed by atoms with Crippen LogP contribution in [-0.4, -0.2) is 24.4 Å². The van der Waals surface area contributed by atoms with Gasteiger partial charge in [-0.1, -0.05) is 0 Å². The van der Waals surface area contributed by atoms with Crippen molar-refractivity contribution in [1.29, 1.82) is 0 Å². The van der Waals surface area contributed by atoms with Gasteiger partial charge in [0.15, 0.2) is 0 Å². The zero-order chi connectivity index (χ0) is 12.1. The Bertz CT molecular complexity index is 230.